The highest BCUT2D eigenvalue weighted by Crippen LogP contribution is 2.16. The maximum Gasteiger partial charge on any atom is 0.213 e. The lowest BCUT2D eigenvalue weighted by Crippen LogP contribution is -1.94. The van der Waals surface area contributed by atoms with E-state index in [1.165, 1.54) is 6.07 Å². The lowest BCUT2D eigenvalue weighted by Gasteiger charge is -1.98. The van der Waals surface area contributed by atoms with Gasteiger partial charge in [0, 0.05) is 0 Å². The predicted octanol–water partition coefficient (Wildman–Crippen LogP) is 2.34. The van der Waals surface area contributed by atoms with Gasteiger partial charge >= 0.3 is 0 Å². The Labute approximate surface area is 113 Å². The van der Waals surface area contributed by atoms with E-state index in [1.807, 2.05) is 6.07 Å². The molecule has 0 aliphatic rings. The molecule has 0 atom stereocenters. The molecule has 0 spiro atoms. The van der Waals surface area contributed by atoms with Crippen molar-refractivity contribution < 1.29 is 4.39 Å². The Hall–Kier alpha value is -3.07. The first kappa shape index (κ1) is 12.0. The van der Waals surface area contributed by atoms with Crippen molar-refractivity contribution in [3.05, 3.63) is 60.2 Å². The first-order valence-electron chi connectivity index (χ1n) is 5.82. The molecule has 96 valence electrons. The SMILES string of the molecule is N#Cc1ccc(-n2cc(-c3cccc(F)n3)nn2)cc1. The molecule has 0 N–H and O–H groups in total. The van der Waals surface area contributed by atoms with Gasteiger partial charge in [0.25, 0.3) is 0 Å². The number of hydrogen-bond donors (Lipinski definition) is 0. The second kappa shape index (κ2) is 4.90. The van der Waals surface area contributed by atoms with E-state index in [4.69, 9.17) is 5.26 Å². The van der Waals surface area contributed by atoms with Crippen LogP contribution in [-0.4, -0.2) is 20.0 Å². The number of nitriles is 1. The van der Waals surface area contributed by atoms with Gasteiger partial charge in [-0.3, -0.25) is 0 Å². The van der Waals surface area contributed by atoms with E-state index in [2.05, 4.69) is 15.3 Å². The Balaban J connectivity index is 1.95. The summed E-state index contributed by atoms with van der Waals surface area (Å²) in [5.41, 5.74) is 2.23. The van der Waals surface area contributed by atoms with Gasteiger partial charge < -0.3 is 0 Å². The quantitative estimate of drug-likeness (QED) is 0.667. The molecule has 0 amide bonds. The van der Waals surface area contributed by atoms with Crippen molar-refractivity contribution in [3.63, 3.8) is 0 Å². The molecule has 0 fully saturated rings. The summed E-state index contributed by atoms with van der Waals surface area (Å²) in [5.74, 6) is -0.560. The summed E-state index contributed by atoms with van der Waals surface area (Å²) in [4.78, 5) is 3.75. The molecule has 2 heterocycles. The van der Waals surface area contributed by atoms with Crippen molar-refractivity contribution in [3.8, 4) is 23.1 Å². The molecule has 0 aliphatic carbocycles. The molecular weight excluding hydrogens is 257 g/mol. The smallest absolute Gasteiger partial charge is 0.213 e. The molecular formula is C14H8FN5. The standard InChI is InChI=1S/C14H8FN5/c15-14-3-1-2-12(17-14)13-9-20(19-18-13)11-6-4-10(8-16)5-7-11/h1-7,9H. The second-order valence-electron chi connectivity index (χ2n) is 4.05. The van der Waals surface area contributed by atoms with Crippen LogP contribution in [0.3, 0.4) is 0 Å². The van der Waals surface area contributed by atoms with E-state index in [1.54, 1.807) is 47.3 Å². The van der Waals surface area contributed by atoms with Crippen LogP contribution in [0.15, 0.2) is 48.7 Å². The highest BCUT2D eigenvalue weighted by atomic mass is 19.1. The molecule has 2 aromatic heterocycles. The van der Waals surface area contributed by atoms with Crippen LogP contribution in [0.1, 0.15) is 5.56 Å². The summed E-state index contributed by atoms with van der Waals surface area (Å²) in [6.45, 7) is 0. The average molecular weight is 265 g/mol. The van der Waals surface area contributed by atoms with E-state index in [-0.39, 0.29) is 0 Å². The van der Waals surface area contributed by atoms with Gasteiger partial charge in [-0.05, 0) is 36.4 Å². The number of halogens is 1. The minimum absolute atomic E-state index is 0.421. The summed E-state index contributed by atoms with van der Waals surface area (Å²) >= 11 is 0. The van der Waals surface area contributed by atoms with Gasteiger partial charge in [-0.25, -0.2) is 9.67 Å². The van der Waals surface area contributed by atoms with Crippen molar-refractivity contribution in [1.29, 1.82) is 5.26 Å². The number of benzene rings is 1. The van der Waals surface area contributed by atoms with Crippen LogP contribution in [-0.2, 0) is 0 Å². The van der Waals surface area contributed by atoms with Gasteiger partial charge in [-0.2, -0.15) is 9.65 Å². The summed E-state index contributed by atoms with van der Waals surface area (Å²) in [7, 11) is 0. The Morgan fingerprint density at radius 2 is 1.85 bits per heavy atom. The summed E-state index contributed by atoms with van der Waals surface area (Å²) in [6, 6.07) is 13.5. The van der Waals surface area contributed by atoms with Crippen molar-refractivity contribution in [2.75, 3.05) is 0 Å². The molecule has 1 aromatic carbocycles. The minimum atomic E-state index is -0.560. The molecule has 0 radical (unpaired) electrons. The van der Waals surface area contributed by atoms with E-state index in [0.717, 1.165) is 5.69 Å². The van der Waals surface area contributed by atoms with Crippen molar-refractivity contribution in [2.24, 2.45) is 0 Å². The van der Waals surface area contributed by atoms with Gasteiger partial charge in [0.2, 0.25) is 5.95 Å². The van der Waals surface area contributed by atoms with E-state index in [9.17, 15) is 4.39 Å². The van der Waals surface area contributed by atoms with Gasteiger partial charge in [-0.1, -0.05) is 11.3 Å². The van der Waals surface area contributed by atoms with Crippen LogP contribution in [0.25, 0.3) is 17.1 Å². The Kier molecular flexibility index (Phi) is 2.94. The van der Waals surface area contributed by atoms with Crippen molar-refractivity contribution in [2.45, 2.75) is 0 Å². The number of hydrogen-bond acceptors (Lipinski definition) is 4. The fourth-order valence-electron chi connectivity index (χ4n) is 1.75. The number of nitrogens with zero attached hydrogens (tertiary/aromatic N) is 5. The fraction of sp³-hybridized carbons (Fsp3) is 0. The van der Waals surface area contributed by atoms with Crippen molar-refractivity contribution in [1.82, 2.24) is 20.0 Å². The third-order valence-electron chi connectivity index (χ3n) is 2.73. The molecule has 20 heavy (non-hydrogen) atoms. The highest BCUT2D eigenvalue weighted by Gasteiger charge is 2.07. The number of rotatable bonds is 2. The number of aromatic nitrogens is 4. The normalized spacial score (nSPS) is 10.2. The van der Waals surface area contributed by atoms with Crippen LogP contribution in [0.4, 0.5) is 4.39 Å². The lowest BCUT2D eigenvalue weighted by molar-refractivity contribution is 0.585. The third-order valence-corrected chi connectivity index (χ3v) is 2.73. The molecule has 0 bridgehead atoms. The first-order valence-corrected chi connectivity index (χ1v) is 5.82. The molecule has 0 unspecified atom stereocenters. The fourth-order valence-corrected chi connectivity index (χ4v) is 1.75. The van der Waals surface area contributed by atoms with Crippen LogP contribution in [0.2, 0.25) is 0 Å². The first-order chi connectivity index (χ1) is 9.76. The highest BCUT2D eigenvalue weighted by molar-refractivity contribution is 5.52. The van der Waals surface area contributed by atoms with Gasteiger partial charge in [-0.15, -0.1) is 5.10 Å². The lowest BCUT2D eigenvalue weighted by atomic mass is 10.2. The third kappa shape index (κ3) is 2.24. The zero-order valence-electron chi connectivity index (χ0n) is 10.2. The molecule has 0 aliphatic heterocycles. The van der Waals surface area contributed by atoms with Gasteiger partial charge in [0.1, 0.15) is 5.69 Å². The van der Waals surface area contributed by atoms with Gasteiger partial charge in [0.05, 0.1) is 29.2 Å². The minimum Gasteiger partial charge on any atom is -0.220 e. The van der Waals surface area contributed by atoms with E-state index in [0.29, 0.717) is 17.0 Å². The van der Waals surface area contributed by atoms with Crippen LogP contribution >= 0.6 is 0 Å². The molecule has 6 heteroatoms. The second-order valence-corrected chi connectivity index (χ2v) is 4.05. The predicted molar refractivity (Wildman–Crippen MR) is 69.3 cm³/mol. The van der Waals surface area contributed by atoms with Gasteiger partial charge in [0.15, 0.2) is 0 Å². The largest absolute Gasteiger partial charge is 0.220 e. The summed E-state index contributed by atoms with van der Waals surface area (Å²) < 4.78 is 14.6. The maximum absolute atomic E-state index is 13.1. The zero-order chi connectivity index (χ0) is 13.9. The summed E-state index contributed by atoms with van der Waals surface area (Å²) in [5, 5.41) is 16.7. The van der Waals surface area contributed by atoms with Crippen LogP contribution in [0.5, 0.6) is 0 Å². The van der Waals surface area contributed by atoms with Crippen molar-refractivity contribution >= 4 is 0 Å². The monoisotopic (exact) mass is 265 g/mol. The zero-order valence-corrected chi connectivity index (χ0v) is 10.2. The molecule has 3 aromatic rings. The van der Waals surface area contributed by atoms with Crippen LogP contribution in [0, 0.1) is 17.3 Å². The summed E-state index contributed by atoms with van der Waals surface area (Å²) in [6.07, 6.45) is 1.66. The Bertz CT molecular complexity index is 786. The molecule has 3 rings (SSSR count). The topological polar surface area (TPSA) is 67.4 Å². The van der Waals surface area contributed by atoms with E-state index < -0.39 is 5.95 Å². The molecule has 0 saturated heterocycles. The Morgan fingerprint density at radius 1 is 1.05 bits per heavy atom. The Morgan fingerprint density at radius 3 is 2.55 bits per heavy atom. The number of pyridine rings is 1. The average Bonchev–Trinajstić information content (AvgIpc) is 2.97. The molecule has 0 saturated carbocycles. The van der Waals surface area contributed by atoms with Crippen LogP contribution < -0.4 is 0 Å². The van der Waals surface area contributed by atoms with E-state index >= 15 is 0 Å². The molecule has 5 nitrogen and oxygen atoms in total. The maximum atomic E-state index is 13.1.